The molecule has 5 nitrogen and oxygen atoms in total. The zero-order valence-corrected chi connectivity index (χ0v) is 16.6. The minimum Gasteiger partial charge on any atom is -0.497 e. The standard InChI is InChI=1S/C22H22ClN3O2/c1-15-3-6-17(23)13-21(15)26-18-7-10-20(25-14-18)22(27)24-12-11-16-4-8-19(28-2)9-5-16/h3-10,13-14,26H,11-12H2,1-2H3,(H,24,27). The molecule has 1 heterocycles. The Hall–Kier alpha value is -3.05. The molecule has 0 atom stereocenters. The van der Waals surface area contributed by atoms with Crippen molar-refractivity contribution >= 4 is 28.9 Å². The lowest BCUT2D eigenvalue weighted by Crippen LogP contribution is -2.26. The molecule has 0 aliphatic rings. The van der Waals surface area contributed by atoms with Crippen LogP contribution in [0.3, 0.4) is 0 Å². The molecule has 0 radical (unpaired) electrons. The van der Waals surface area contributed by atoms with Crippen LogP contribution in [-0.2, 0) is 6.42 Å². The Morgan fingerprint density at radius 1 is 1.11 bits per heavy atom. The average Bonchev–Trinajstić information content (AvgIpc) is 2.71. The van der Waals surface area contributed by atoms with Crippen molar-refractivity contribution in [2.75, 3.05) is 19.0 Å². The number of carbonyl (C=O) groups excluding carboxylic acids is 1. The molecule has 0 saturated heterocycles. The number of aromatic nitrogens is 1. The summed E-state index contributed by atoms with van der Waals surface area (Å²) in [6.45, 7) is 2.53. The predicted molar refractivity (Wildman–Crippen MR) is 113 cm³/mol. The van der Waals surface area contributed by atoms with E-state index in [0.29, 0.717) is 17.3 Å². The molecule has 2 aromatic carbocycles. The Balaban J connectivity index is 1.53. The summed E-state index contributed by atoms with van der Waals surface area (Å²) in [5, 5.41) is 6.82. The number of amides is 1. The topological polar surface area (TPSA) is 63.2 Å². The molecule has 28 heavy (non-hydrogen) atoms. The van der Waals surface area contributed by atoms with E-state index in [1.54, 1.807) is 19.4 Å². The molecule has 2 N–H and O–H groups in total. The molecule has 1 aromatic heterocycles. The van der Waals surface area contributed by atoms with E-state index in [0.717, 1.165) is 34.7 Å². The second-order valence-corrected chi connectivity index (χ2v) is 6.81. The van der Waals surface area contributed by atoms with Gasteiger partial charge in [0.05, 0.1) is 19.0 Å². The van der Waals surface area contributed by atoms with Gasteiger partial charge in [-0.25, -0.2) is 4.98 Å². The highest BCUT2D eigenvalue weighted by Crippen LogP contribution is 2.23. The Kier molecular flexibility index (Phi) is 6.50. The van der Waals surface area contributed by atoms with Crippen LogP contribution in [0.15, 0.2) is 60.8 Å². The quantitative estimate of drug-likeness (QED) is 0.605. The molecule has 3 rings (SSSR count). The first-order chi connectivity index (χ1) is 13.5. The number of benzene rings is 2. The predicted octanol–water partition coefficient (Wildman–Crippen LogP) is 4.77. The molecule has 6 heteroatoms. The Labute approximate surface area is 169 Å². The number of aryl methyl sites for hydroxylation is 1. The summed E-state index contributed by atoms with van der Waals surface area (Å²) in [7, 11) is 1.64. The SMILES string of the molecule is COc1ccc(CCNC(=O)c2ccc(Nc3cc(Cl)ccc3C)cn2)cc1. The fraction of sp³-hybridized carbons (Fsp3) is 0.182. The summed E-state index contributed by atoms with van der Waals surface area (Å²) in [5.41, 5.74) is 4.28. The fourth-order valence-electron chi connectivity index (χ4n) is 2.69. The van der Waals surface area contributed by atoms with Crippen LogP contribution in [0.5, 0.6) is 5.75 Å². The molecule has 0 unspecified atom stereocenters. The van der Waals surface area contributed by atoms with Gasteiger partial charge in [0.25, 0.3) is 5.91 Å². The largest absolute Gasteiger partial charge is 0.497 e. The van der Waals surface area contributed by atoms with Gasteiger partial charge in [0.1, 0.15) is 11.4 Å². The van der Waals surface area contributed by atoms with Gasteiger partial charge in [0.2, 0.25) is 0 Å². The van der Waals surface area contributed by atoms with Crippen LogP contribution < -0.4 is 15.4 Å². The van der Waals surface area contributed by atoms with Gasteiger partial charge in [-0.05, 0) is 60.9 Å². The van der Waals surface area contributed by atoms with Crippen molar-refractivity contribution in [3.8, 4) is 5.75 Å². The van der Waals surface area contributed by atoms with E-state index >= 15 is 0 Å². The van der Waals surface area contributed by atoms with Gasteiger partial charge >= 0.3 is 0 Å². The highest BCUT2D eigenvalue weighted by atomic mass is 35.5. The van der Waals surface area contributed by atoms with Crippen molar-refractivity contribution in [1.29, 1.82) is 0 Å². The number of pyridine rings is 1. The third kappa shape index (κ3) is 5.24. The Bertz CT molecular complexity index is 941. The Morgan fingerprint density at radius 2 is 1.89 bits per heavy atom. The van der Waals surface area contributed by atoms with Gasteiger partial charge in [-0.2, -0.15) is 0 Å². The molecular formula is C22H22ClN3O2. The van der Waals surface area contributed by atoms with Crippen LogP contribution >= 0.6 is 11.6 Å². The minimum atomic E-state index is -0.195. The maximum absolute atomic E-state index is 12.3. The number of hydrogen-bond donors (Lipinski definition) is 2. The molecule has 0 aliphatic heterocycles. The number of nitrogens with one attached hydrogen (secondary N) is 2. The summed E-state index contributed by atoms with van der Waals surface area (Å²) in [4.78, 5) is 16.5. The van der Waals surface area contributed by atoms with E-state index in [9.17, 15) is 4.79 Å². The summed E-state index contributed by atoms with van der Waals surface area (Å²) in [6, 6.07) is 17.0. The molecule has 0 aliphatic carbocycles. The van der Waals surface area contributed by atoms with Crippen LogP contribution in [0.1, 0.15) is 21.6 Å². The van der Waals surface area contributed by atoms with Crippen molar-refractivity contribution in [3.05, 3.63) is 82.6 Å². The number of anilines is 2. The van der Waals surface area contributed by atoms with Crippen LogP contribution in [-0.4, -0.2) is 24.5 Å². The van der Waals surface area contributed by atoms with Crippen LogP contribution in [0, 0.1) is 6.92 Å². The Morgan fingerprint density at radius 3 is 2.57 bits per heavy atom. The van der Waals surface area contributed by atoms with E-state index in [1.165, 1.54) is 0 Å². The first kappa shape index (κ1) is 19.7. The van der Waals surface area contributed by atoms with Gasteiger partial charge in [0.15, 0.2) is 0 Å². The first-order valence-corrected chi connectivity index (χ1v) is 9.33. The van der Waals surface area contributed by atoms with Crippen molar-refractivity contribution < 1.29 is 9.53 Å². The van der Waals surface area contributed by atoms with E-state index in [4.69, 9.17) is 16.3 Å². The molecule has 0 saturated carbocycles. The number of carbonyl (C=O) groups is 1. The highest BCUT2D eigenvalue weighted by molar-refractivity contribution is 6.30. The lowest BCUT2D eigenvalue weighted by molar-refractivity contribution is 0.0949. The van der Waals surface area contributed by atoms with E-state index in [1.807, 2.05) is 55.5 Å². The number of methoxy groups -OCH3 is 1. The summed E-state index contributed by atoms with van der Waals surface area (Å²) in [5.74, 6) is 0.623. The lowest BCUT2D eigenvalue weighted by atomic mass is 10.1. The molecule has 0 fully saturated rings. The maximum Gasteiger partial charge on any atom is 0.269 e. The van der Waals surface area contributed by atoms with Crippen LogP contribution in [0.2, 0.25) is 5.02 Å². The summed E-state index contributed by atoms with van der Waals surface area (Å²) < 4.78 is 5.14. The third-order valence-electron chi connectivity index (χ3n) is 4.33. The van der Waals surface area contributed by atoms with Gasteiger partial charge in [0, 0.05) is 17.3 Å². The van der Waals surface area contributed by atoms with E-state index < -0.39 is 0 Å². The number of hydrogen-bond acceptors (Lipinski definition) is 4. The molecule has 0 bridgehead atoms. The van der Waals surface area contributed by atoms with Gasteiger partial charge in [-0.3, -0.25) is 4.79 Å². The lowest BCUT2D eigenvalue weighted by Gasteiger charge is -2.10. The van der Waals surface area contributed by atoms with Gasteiger partial charge in [-0.15, -0.1) is 0 Å². The number of halogens is 1. The fourth-order valence-corrected chi connectivity index (χ4v) is 2.86. The zero-order valence-electron chi connectivity index (χ0n) is 15.8. The maximum atomic E-state index is 12.3. The normalized spacial score (nSPS) is 10.4. The van der Waals surface area contributed by atoms with E-state index in [2.05, 4.69) is 15.6 Å². The van der Waals surface area contributed by atoms with Gasteiger partial charge < -0.3 is 15.4 Å². The van der Waals surface area contributed by atoms with Crippen molar-refractivity contribution in [2.45, 2.75) is 13.3 Å². The van der Waals surface area contributed by atoms with Crippen molar-refractivity contribution in [3.63, 3.8) is 0 Å². The number of nitrogens with zero attached hydrogens (tertiary/aromatic N) is 1. The molecule has 144 valence electrons. The molecular weight excluding hydrogens is 374 g/mol. The molecule has 3 aromatic rings. The van der Waals surface area contributed by atoms with Crippen molar-refractivity contribution in [2.24, 2.45) is 0 Å². The molecule has 0 spiro atoms. The van der Waals surface area contributed by atoms with Crippen molar-refractivity contribution in [1.82, 2.24) is 10.3 Å². The minimum absolute atomic E-state index is 0.195. The smallest absolute Gasteiger partial charge is 0.269 e. The number of ether oxygens (including phenoxy) is 1. The first-order valence-electron chi connectivity index (χ1n) is 8.95. The van der Waals surface area contributed by atoms with Gasteiger partial charge in [-0.1, -0.05) is 29.8 Å². The zero-order chi connectivity index (χ0) is 19.9. The number of rotatable bonds is 7. The third-order valence-corrected chi connectivity index (χ3v) is 4.57. The average molecular weight is 396 g/mol. The second kappa shape index (κ2) is 9.24. The summed E-state index contributed by atoms with van der Waals surface area (Å²) in [6.07, 6.45) is 2.38. The van der Waals surface area contributed by atoms with E-state index in [-0.39, 0.29) is 5.91 Å². The van der Waals surface area contributed by atoms with Crippen LogP contribution in [0.4, 0.5) is 11.4 Å². The summed E-state index contributed by atoms with van der Waals surface area (Å²) >= 11 is 6.04. The van der Waals surface area contributed by atoms with Crippen LogP contribution in [0.25, 0.3) is 0 Å². The highest BCUT2D eigenvalue weighted by Gasteiger charge is 2.07. The monoisotopic (exact) mass is 395 g/mol. The second-order valence-electron chi connectivity index (χ2n) is 6.37. The molecule has 1 amide bonds.